The highest BCUT2D eigenvalue weighted by atomic mass is 16.7. The van der Waals surface area contributed by atoms with Crippen LogP contribution in [0.25, 0.3) is 0 Å². The second-order valence-electron chi connectivity index (χ2n) is 6.56. The summed E-state index contributed by atoms with van der Waals surface area (Å²) < 4.78 is 22.4. The number of hydrogen-bond donors (Lipinski definition) is 4. The third-order valence-corrected chi connectivity index (χ3v) is 4.92. The maximum Gasteiger partial charge on any atom is 0.228 e. The summed E-state index contributed by atoms with van der Waals surface area (Å²) in [5, 5.41) is 49.6. The zero-order valence-electron chi connectivity index (χ0n) is 14.8. The summed E-state index contributed by atoms with van der Waals surface area (Å²) in [6, 6.07) is 6.49. The molecule has 9 heteroatoms. The van der Waals surface area contributed by atoms with E-state index >= 15 is 0 Å². The predicted octanol–water partition coefficient (Wildman–Crippen LogP) is -1.00. The van der Waals surface area contributed by atoms with Gasteiger partial charge in [-0.1, -0.05) is 0 Å². The summed E-state index contributed by atoms with van der Waals surface area (Å²) in [6.45, 7) is 0.323. The third kappa shape index (κ3) is 3.53. The number of benzene rings is 1. The van der Waals surface area contributed by atoms with Gasteiger partial charge >= 0.3 is 0 Å². The van der Waals surface area contributed by atoms with Gasteiger partial charge < -0.3 is 39.4 Å². The molecule has 0 saturated carbocycles. The molecule has 0 amide bonds. The largest absolute Gasteiger partial charge is 0.487 e. The molecule has 9 nitrogen and oxygen atoms in total. The number of aliphatic hydroxyl groups is 4. The van der Waals surface area contributed by atoms with Crippen molar-refractivity contribution < 1.29 is 39.4 Å². The van der Waals surface area contributed by atoms with Crippen molar-refractivity contribution in [3.8, 4) is 11.8 Å². The number of nitrogens with zero attached hydrogens (tertiary/aromatic N) is 1. The highest BCUT2D eigenvalue weighted by Gasteiger charge is 2.56. The Labute approximate surface area is 156 Å². The first kappa shape index (κ1) is 20.0. The number of aliphatic hydroxyl groups excluding tert-OH is 4. The molecular formula is C18H23NO8. The molecule has 2 saturated heterocycles. The van der Waals surface area contributed by atoms with Gasteiger partial charge in [0.15, 0.2) is 0 Å². The Kier molecular flexibility index (Phi) is 5.98. The van der Waals surface area contributed by atoms with Crippen molar-refractivity contribution in [1.29, 1.82) is 5.26 Å². The summed E-state index contributed by atoms with van der Waals surface area (Å²) >= 11 is 0. The summed E-state index contributed by atoms with van der Waals surface area (Å²) in [6.07, 6.45) is -5.60. The third-order valence-electron chi connectivity index (χ3n) is 4.92. The molecule has 6 atom stereocenters. The maximum atomic E-state index is 10.7. The standard InChI is InChI=1S/C18H23NO8/c1-24-18(17(23)16(22)15(21)14(8-20)27-18)12-3-2-10(7-19)6-13(12)26-11-4-5-25-9-11/h2-3,6,11,14-17,20-23H,4-5,8-9H2,1H3/t11?,14-,15-,16+,17-,18+/m1/s1. The fraction of sp³-hybridized carbons (Fsp3) is 0.611. The van der Waals surface area contributed by atoms with E-state index in [4.69, 9.17) is 18.9 Å². The van der Waals surface area contributed by atoms with Crippen LogP contribution in [0.2, 0.25) is 0 Å². The van der Waals surface area contributed by atoms with Crippen molar-refractivity contribution in [3.63, 3.8) is 0 Å². The molecular weight excluding hydrogens is 358 g/mol. The van der Waals surface area contributed by atoms with Gasteiger partial charge in [-0.2, -0.15) is 5.26 Å². The molecule has 1 aromatic rings. The van der Waals surface area contributed by atoms with Crippen LogP contribution in [0.1, 0.15) is 17.5 Å². The molecule has 148 valence electrons. The summed E-state index contributed by atoms with van der Waals surface area (Å²) in [7, 11) is 1.27. The molecule has 27 heavy (non-hydrogen) atoms. The Hall–Kier alpha value is -1.77. The fourth-order valence-corrected chi connectivity index (χ4v) is 3.41. The number of nitriles is 1. The summed E-state index contributed by atoms with van der Waals surface area (Å²) in [5.41, 5.74) is 0.552. The highest BCUT2D eigenvalue weighted by molar-refractivity contribution is 5.45. The van der Waals surface area contributed by atoms with Crippen LogP contribution in [0, 0.1) is 11.3 Å². The highest BCUT2D eigenvalue weighted by Crippen LogP contribution is 2.43. The molecule has 0 bridgehead atoms. The van der Waals surface area contributed by atoms with Crippen molar-refractivity contribution in [2.75, 3.05) is 26.9 Å². The van der Waals surface area contributed by atoms with Crippen molar-refractivity contribution >= 4 is 0 Å². The minimum absolute atomic E-state index is 0.228. The molecule has 1 unspecified atom stereocenters. The van der Waals surface area contributed by atoms with Crippen LogP contribution in [0.5, 0.6) is 5.75 Å². The molecule has 0 aliphatic carbocycles. The van der Waals surface area contributed by atoms with Crippen LogP contribution in [-0.2, 0) is 20.0 Å². The van der Waals surface area contributed by atoms with Gasteiger partial charge in [0.05, 0.1) is 37.0 Å². The summed E-state index contributed by atoms with van der Waals surface area (Å²) in [5.74, 6) is -1.68. The SMILES string of the molecule is CO[C@@]1(c2ccc(C#N)cc2OC2CCOC2)O[C@H](CO)[C@@H](O)[C@H](O)[C@H]1O. The van der Waals surface area contributed by atoms with Gasteiger partial charge in [0, 0.05) is 13.5 Å². The smallest absolute Gasteiger partial charge is 0.228 e. The first-order valence-electron chi connectivity index (χ1n) is 8.64. The molecule has 4 N–H and O–H groups in total. The van der Waals surface area contributed by atoms with E-state index in [0.717, 1.165) is 0 Å². The second kappa shape index (κ2) is 8.08. The molecule has 2 aliphatic heterocycles. The normalized spacial score (nSPS) is 36.4. The first-order valence-corrected chi connectivity index (χ1v) is 8.64. The van der Waals surface area contributed by atoms with E-state index in [9.17, 15) is 25.7 Å². The average Bonchev–Trinajstić information content (AvgIpc) is 3.20. The molecule has 0 spiro atoms. The van der Waals surface area contributed by atoms with E-state index in [1.807, 2.05) is 6.07 Å². The van der Waals surface area contributed by atoms with Crippen LogP contribution in [0.3, 0.4) is 0 Å². The van der Waals surface area contributed by atoms with Gasteiger partial charge in [-0.25, -0.2) is 0 Å². The van der Waals surface area contributed by atoms with Gasteiger partial charge in [-0.15, -0.1) is 0 Å². The second-order valence-corrected chi connectivity index (χ2v) is 6.56. The van der Waals surface area contributed by atoms with Gasteiger partial charge in [-0.05, 0) is 18.2 Å². The fourth-order valence-electron chi connectivity index (χ4n) is 3.41. The minimum Gasteiger partial charge on any atom is -0.487 e. The molecule has 2 aliphatic rings. The van der Waals surface area contributed by atoms with Gasteiger partial charge in [0.1, 0.15) is 36.3 Å². The Balaban J connectivity index is 2.06. The molecule has 3 rings (SSSR count). The topological polar surface area (TPSA) is 142 Å². The van der Waals surface area contributed by atoms with Gasteiger partial charge in [-0.3, -0.25) is 0 Å². The Bertz CT molecular complexity index is 699. The number of methoxy groups -OCH3 is 1. The molecule has 0 radical (unpaired) electrons. The summed E-state index contributed by atoms with van der Waals surface area (Å²) in [4.78, 5) is 0. The lowest BCUT2D eigenvalue weighted by molar-refractivity contribution is -0.366. The Morgan fingerprint density at radius 3 is 2.67 bits per heavy atom. The van der Waals surface area contributed by atoms with Crippen LogP contribution in [-0.4, -0.2) is 77.9 Å². The van der Waals surface area contributed by atoms with Crippen molar-refractivity contribution in [2.45, 2.75) is 42.7 Å². The lowest BCUT2D eigenvalue weighted by Crippen LogP contribution is -2.64. The van der Waals surface area contributed by atoms with E-state index in [0.29, 0.717) is 25.2 Å². The molecule has 2 fully saturated rings. The van der Waals surface area contributed by atoms with Crippen molar-refractivity contribution in [2.24, 2.45) is 0 Å². The van der Waals surface area contributed by atoms with E-state index in [1.165, 1.54) is 25.3 Å². The van der Waals surface area contributed by atoms with E-state index in [2.05, 4.69) is 0 Å². The van der Waals surface area contributed by atoms with Crippen LogP contribution in [0.15, 0.2) is 18.2 Å². The van der Waals surface area contributed by atoms with Gasteiger partial charge in [0.25, 0.3) is 0 Å². The van der Waals surface area contributed by atoms with Crippen LogP contribution in [0.4, 0.5) is 0 Å². The monoisotopic (exact) mass is 381 g/mol. The number of rotatable bonds is 5. The van der Waals surface area contributed by atoms with Crippen LogP contribution < -0.4 is 4.74 Å². The zero-order valence-corrected chi connectivity index (χ0v) is 14.8. The minimum atomic E-state index is -1.91. The van der Waals surface area contributed by atoms with Crippen molar-refractivity contribution in [3.05, 3.63) is 29.3 Å². The van der Waals surface area contributed by atoms with Gasteiger partial charge in [0.2, 0.25) is 5.79 Å². The zero-order chi connectivity index (χ0) is 19.6. The van der Waals surface area contributed by atoms with E-state index < -0.39 is 36.8 Å². The Morgan fingerprint density at radius 2 is 2.07 bits per heavy atom. The number of ether oxygens (including phenoxy) is 4. The van der Waals surface area contributed by atoms with E-state index in [-0.39, 0.29) is 17.4 Å². The lowest BCUT2D eigenvalue weighted by Gasteiger charge is -2.48. The molecule has 2 heterocycles. The first-order chi connectivity index (χ1) is 13.0. The Morgan fingerprint density at radius 1 is 1.30 bits per heavy atom. The average molecular weight is 381 g/mol. The molecule has 0 aromatic heterocycles. The van der Waals surface area contributed by atoms with Crippen molar-refractivity contribution in [1.82, 2.24) is 0 Å². The molecule has 1 aromatic carbocycles. The lowest BCUT2D eigenvalue weighted by atomic mass is 9.87. The quantitative estimate of drug-likeness (QED) is 0.505. The van der Waals surface area contributed by atoms with E-state index in [1.54, 1.807) is 0 Å². The van der Waals surface area contributed by atoms with Crippen LogP contribution >= 0.6 is 0 Å². The predicted molar refractivity (Wildman–Crippen MR) is 89.7 cm³/mol. The maximum absolute atomic E-state index is 10.7. The number of hydrogen-bond acceptors (Lipinski definition) is 9.